The molecule has 8 heteroatoms. The number of nitrogens with zero attached hydrogens (tertiary/aromatic N) is 1. The molecule has 1 atom stereocenters. The van der Waals surface area contributed by atoms with Crippen molar-refractivity contribution in [3.63, 3.8) is 0 Å². The number of Topliss-reactive ketones (excluding diaryl/α,β-unsaturated/α-hetero) is 1. The minimum Gasteiger partial charge on any atom is -0.454 e. The Labute approximate surface area is 229 Å². The molecular formula is C31H33NO6S. The first-order valence-electron chi connectivity index (χ1n) is 13.5. The van der Waals surface area contributed by atoms with Crippen molar-refractivity contribution in [1.82, 2.24) is 4.31 Å². The largest absolute Gasteiger partial charge is 0.454 e. The van der Waals surface area contributed by atoms with Crippen LogP contribution < -0.4 is 9.47 Å². The average Bonchev–Trinajstić information content (AvgIpc) is 3.38. The number of ketones is 1. The summed E-state index contributed by atoms with van der Waals surface area (Å²) in [6.07, 6.45) is 3.66. The lowest BCUT2D eigenvalue weighted by Crippen LogP contribution is -2.38. The number of hydrogen-bond donors (Lipinski definition) is 0. The van der Waals surface area contributed by atoms with E-state index in [-0.39, 0.29) is 23.5 Å². The van der Waals surface area contributed by atoms with Crippen molar-refractivity contribution in [1.29, 1.82) is 0 Å². The van der Waals surface area contributed by atoms with Gasteiger partial charge in [-0.25, -0.2) is 8.42 Å². The zero-order valence-corrected chi connectivity index (χ0v) is 23.1. The second-order valence-electron chi connectivity index (χ2n) is 10.8. The molecule has 1 aliphatic carbocycles. The van der Waals surface area contributed by atoms with Gasteiger partial charge in [0.1, 0.15) is 5.78 Å². The standard InChI is InChI=1S/C31H33NO6S/c1-21-5-6-22(17-30(33)31(13-14-31)24-9-12-28-29(18-24)38-20-37-28)16-27(21)23-7-10-26(11-8-23)39(34,35)32-15-3-4-25(32)19-36-2/h5-12,16,18,25H,3-4,13-15,17,19-20H2,1-2H3. The monoisotopic (exact) mass is 547 g/mol. The van der Waals surface area contributed by atoms with Crippen molar-refractivity contribution in [2.75, 3.05) is 27.1 Å². The number of hydrogen-bond acceptors (Lipinski definition) is 6. The quantitative estimate of drug-likeness (QED) is 0.374. The van der Waals surface area contributed by atoms with Crippen molar-refractivity contribution in [2.24, 2.45) is 0 Å². The van der Waals surface area contributed by atoms with Gasteiger partial charge in [0.2, 0.25) is 16.8 Å². The van der Waals surface area contributed by atoms with Gasteiger partial charge in [-0.05, 0) is 84.7 Å². The molecule has 2 fully saturated rings. The fraction of sp³-hybridized carbons (Fsp3) is 0.387. The Morgan fingerprint density at radius 2 is 1.79 bits per heavy atom. The van der Waals surface area contributed by atoms with Crippen LogP contribution in [0.25, 0.3) is 11.1 Å². The summed E-state index contributed by atoms with van der Waals surface area (Å²) < 4.78 is 44.4. The molecule has 0 radical (unpaired) electrons. The lowest BCUT2D eigenvalue weighted by atomic mass is 9.87. The molecule has 7 nitrogen and oxygen atoms in total. The summed E-state index contributed by atoms with van der Waals surface area (Å²) in [5, 5.41) is 0. The number of rotatable bonds is 9. The highest BCUT2D eigenvalue weighted by atomic mass is 32.2. The summed E-state index contributed by atoms with van der Waals surface area (Å²) in [5.41, 5.74) is 4.47. The van der Waals surface area contributed by atoms with Crippen LogP contribution in [0.1, 0.15) is 42.4 Å². The van der Waals surface area contributed by atoms with Crippen molar-refractivity contribution in [2.45, 2.75) is 55.4 Å². The molecule has 3 aliphatic rings. The third-order valence-corrected chi connectivity index (χ3v) is 10.3. The first-order valence-corrected chi connectivity index (χ1v) is 14.9. The molecule has 204 valence electrons. The van der Waals surface area contributed by atoms with E-state index < -0.39 is 15.4 Å². The normalized spacial score (nSPS) is 19.8. The summed E-state index contributed by atoms with van der Waals surface area (Å²) >= 11 is 0. The third-order valence-electron chi connectivity index (χ3n) is 8.33. The summed E-state index contributed by atoms with van der Waals surface area (Å²) in [7, 11) is -1.99. The van der Waals surface area contributed by atoms with E-state index in [9.17, 15) is 13.2 Å². The maximum atomic E-state index is 13.5. The van der Waals surface area contributed by atoms with Crippen LogP contribution >= 0.6 is 0 Å². The molecule has 0 amide bonds. The molecule has 0 aromatic heterocycles. The molecule has 0 N–H and O–H groups in total. The van der Waals surface area contributed by atoms with Gasteiger partial charge in [-0.3, -0.25) is 4.79 Å². The lowest BCUT2D eigenvalue weighted by molar-refractivity contribution is -0.120. The van der Waals surface area contributed by atoms with Gasteiger partial charge in [0.25, 0.3) is 0 Å². The van der Waals surface area contributed by atoms with Gasteiger partial charge < -0.3 is 14.2 Å². The van der Waals surface area contributed by atoms with Crippen LogP contribution in [0.5, 0.6) is 11.5 Å². The topological polar surface area (TPSA) is 82.1 Å². The van der Waals surface area contributed by atoms with Crippen molar-refractivity contribution >= 4 is 15.8 Å². The van der Waals surface area contributed by atoms with Gasteiger partial charge in [0.05, 0.1) is 16.9 Å². The molecule has 1 unspecified atom stereocenters. The minimum absolute atomic E-state index is 0.122. The van der Waals surface area contributed by atoms with Crippen LogP contribution in [0, 0.1) is 6.92 Å². The van der Waals surface area contributed by atoms with Crippen LogP contribution in [-0.2, 0) is 31.4 Å². The number of ether oxygens (including phenoxy) is 3. The Morgan fingerprint density at radius 3 is 2.54 bits per heavy atom. The van der Waals surface area contributed by atoms with Crippen LogP contribution in [-0.4, -0.2) is 51.6 Å². The van der Waals surface area contributed by atoms with E-state index in [1.165, 1.54) is 0 Å². The zero-order chi connectivity index (χ0) is 27.2. The Hall–Kier alpha value is -3.20. The molecule has 0 spiro atoms. The number of methoxy groups -OCH3 is 1. The van der Waals surface area contributed by atoms with Crippen LogP contribution in [0.2, 0.25) is 0 Å². The Morgan fingerprint density at radius 1 is 1.03 bits per heavy atom. The highest BCUT2D eigenvalue weighted by molar-refractivity contribution is 7.89. The fourth-order valence-electron chi connectivity index (χ4n) is 5.92. The van der Waals surface area contributed by atoms with Crippen LogP contribution in [0.4, 0.5) is 0 Å². The SMILES string of the molecule is COCC1CCCN1S(=O)(=O)c1ccc(-c2cc(CC(=O)C3(c4ccc5c(c4)OCO5)CC3)ccc2C)cc1. The zero-order valence-electron chi connectivity index (χ0n) is 22.3. The van der Waals surface area contributed by atoms with Gasteiger partial charge in [-0.2, -0.15) is 4.31 Å². The predicted octanol–water partition coefficient (Wildman–Crippen LogP) is 5.03. The Kier molecular flexibility index (Phi) is 6.73. The Bertz CT molecular complexity index is 1510. The molecular weight excluding hydrogens is 514 g/mol. The van der Waals surface area contributed by atoms with E-state index in [1.54, 1.807) is 23.5 Å². The second-order valence-corrected chi connectivity index (χ2v) is 12.7. The lowest BCUT2D eigenvalue weighted by Gasteiger charge is -2.23. The molecule has 6 rings (SSSR count). The highest BCUT2D eigenvalue weighted by Crippen LogP contribution is 2.51. The van der Waals surface area contributed by atoms with Gasteiger partial charge in [-0.1, -0.05) is 36.4 Å². The van der Waals surface area contributed by atoms with Crippen LogP contribution in [0.15, 0.2) is 65.6 Å². The second kappa shape index (κ2) is 10.1. The van der Waals surface area contributed by atoms with E-state index in [1.807, 2.05) is 49.4 Å². The summed E-state index contributed by atoms with van der Waals surface area (Å²) in [6, 6.07) is 18.9. The molecule has 3 aromatic rings. The van der Waals surface area contributed by atoms with Gasteiger partial charge in [-0.15, -0.1) is 0 Å². The van der Waals surface area contributed by atoms with E-state index >= 15 is 0 Å². The molecule has 1 saturated carbocycles. The fourth-order valence-corrected chi connectivity index (χ4v) is 7.60. The van der Waals surface area contributed by atoms with Crippen molar-refractivity contribution in [3.8, 4) is 22.6 Å². The number of fused-ring (bicyclic) bond motifs is 1. The molecule has 2 heterocycles. The van der Waals surface area contributed by atoms with Crippen molar-refractivity contribution < 1.29 is 27.4 Å². The highest BCUT2D eigenvalue weighted by Gasteiger charge is 2.50. The maximum Gasteiger partial charge on any atom is 0.243 e. The molecule has 2 aliphatic heterocycles. The predicted molar refractivity (Wildman–Crippen MR) is 148 cm³/mol. The molecule has 39 heavy (non-hydrogen) atoms. The summed E-state index contributed by atoms with van der Waals surface area (Å²) in [6.45, 7) is 3.16. The first-order chi connectivity index (χ1) is 18.8. The van der Waals surface area contributed by atoms with Gasteiger partial charge in [0, 0.05) is 26.1 Å². The maximum absolute atomic E-state index is 13.5. The Balaban J connectivity index is 1.21. The van der Waals surface area contributed by atoms with Crippen LogP contribution in [0.3, 0.4) is 0 Å². The number of benzene rings is 3. The smallest absolute Gasteiger partial charge is 0.243 e. The van der Waals surface area contributed by atoms with Crippen molar-refractivity contribution in [3.05, 3.63) is 77.4 Å². The molecule has 3 aromatic carbocycles. The first kappa shape index (κ1) is 26.0. The minimum atomic E-state index is -3.59. The molecule has 1 saturated heterocycles. The van der Waals surface area contributed by atoms with E-state index in [0.29, 0.717) is 25.3 Å². The van der Waals surface area contributed by atoms with Gasteiger partial charge in [0.15, 0.2) is 11.5 Å². The molecule has 0 bridgehead atoms. The average molecular weight is 548 g/mol. The van der Waals surface area contributed by atoms with Gasteiger partial charge >= 0.3 is 0 Å². The third kappa shape index (κ3) is 4.75. The van der Waals surface area contributed by atoms with E-state index in [2.05, 4.69) is 6.07 Å². The number of aryl methyl sites for hydroxylation is 1. The van der Waals surface area contributed by atoms with E-state index in [0.717, 1.165) is 59.3 Å². The summed E-state index contributed by atoms with van der Waals surface area (Å²) in [5.74, 6) is 1.63. The number of carbonyl (C=O) groups is 1. The van der Waals surface area contributed by atoms with E-state index in [4.69, 9.17) is 14.2 Å². The number of carbonyl (C=O) groups excluding carboxylic acids is 1. The number of sulfonamides is 1. The summed E-state index contributed by atoms with van der Waals surface area (Å²) in [4.78, 5) is 13.8.